The van der Waals surface area contributed by atoms with E-state index in [4.69, 9.17) is 33.5 Å². The SMILES string of the molecule is OCCOCCOCCOCCOCCOCCOCCS. The third-order valence-corrected chi connectivity index (χ3v) is 2.51. The number of aliphatic hydroxyl groups excluding tert-OH is 1. The van der Waals surface area contributed by atoms with Crippen molar-refractivity contribution in [2.45, 2.75) is 0 Å². The Morgan fingerprint density at radius 1 is 0.455 bits per heavy atom. The summed E-state index contributed by atoms with van der Waals surface area (Å²) < 4.78 is 31.5. The molecular weight excluding hydrogens is 312 g/mol. The Morgan fingerprint density at radius 2 is 0.727 bits per heavy atom. The van der Waals surface area contributed by atoms with Gasteiger partial charge in [-0.05, 0) is 0 Å². The average Bonchev–Trinajstić information content (AvgIpc) is 2.54. The predicted octanol–water partition coefficient (Wildman–Crippen LogP) is 0.00810. The summed E-state index contributed by atoms with van der Waals surface area (Å²) >= 11 is 4.04. The van der Waals surface area contributed by atoms with E-state index in [2.05, 4.69) is 12.6 Å². The van der Waals surface area contributed by atoms with Gasteiger partial charge in [0, 0.05) is 5.75 Å². The van der Waals surface area contributed by atoms with Crippen molar-refractivity contribution in [1.82, 2.24) is 0 Å². The molecule has 0 aromatic carbocycles. The van der Waals surface area contributed by atoms with Crippen molar-refractivity contribution in [3.05, 3.63) is 0 Å². The molecule has 0 aliphatic carbocycles. The van der Waals surface area contributed by atoms with E-state index in [-0.39, 0.29) is 6.61 Å². The Kier molecular flexibility index (Phi) is 21.1. The second-order valence-corrected chi connectivity index (χ2v) is 4.57. The van der Waals surface area contributed by atoms with Crippen LogP contribution in [0.1, 0.15) is 0 Å². The number of hydrogen-bond acceptors (Lipinski definition) is 8. The summed E-state index contributed by atoms with van der Waals surface area (Å²) in [4.78, 5) is 0. The first-order valence-electron chi connectivity index (χ1n) is 7.60. The molecule has 22 heavy (non-hydrogen) atoms. The van der Waals surface area contributed by atoms with Crippen LogP contribution < -0.4 is 0 Å². The Hall–Kier alpha value is 0.0700. The quantitative estimate of drug-likeness (QED) is 0.253. The zero-order valence-electron chi connectivity index (χ0n) is 13.2. The zero-order chi connectivity index (χ0) is 16.1. The van der Waals surface area contributed by atoms with Crippen LogP contribution in [-0.2, 0) is 28.4 Å². The fourth-order valence-electron chi connectivity index (χ4n) is 1.33. The van der Waals surface area contributed by atoms with Crippen LogP contribution in [0.25, 0.3) is 0 Å². The fraction of sp³-hybridized carbons (Fsp3) is 1.00. The largest absolute Gasteiger partial charge is 0.394 e. The molecule has 134 valence electrons. The first kappa shape index (κ1) is 22.1. The lowest BCUT2D eigenvalue weighted by molar-refractivity contribution is -0.0176. The van der Waals surface area contributed by atoms with Crippen LogP contribution in [0.3, 0.4) is 0 Å². The molecule has 0 bridgehead atoms. The highest BCUT2D eigenvalue weighted by Crippen LogP contribution is 1.84. The number of thiol groups is 1. The summed E-state index contributed by atoms with van der Waals surface area (Å²) in [6, 6.07) is 0. The van der Waals surface area contributed by atoms with Crippen molar-refractivity contribution in [3.63, 3.8) is 0 Å². The van der Waals surface area contributed by atoms with Gasteiger partial charge in [0.2, 0.25) is 0 Å². The van der Waals surface area contributed by atoms with Crippen LogP contribution >= 0.6 is 12.6 Å². The van der Waals surface area contributed by atoms with Crippen LogP contribution in [0.15, 0.2) is 0 Å². The molecule has 0 saturated heterocycles. The molecule has 0 rings (SSSR count). The number of ether oxygens (including phenoxy) is 6. The molecule has 0 radical (unpaired) electrons. The minimum Gasteiger partial charge on any atom is -0.394 e. The Bertz CT molecular complexity index is 178. The zero-order valence-corrected chi connectivity index (χ0v) is 14.1. The molecule has 0 atom stereocenters. The molecule has 0 aliphatic heterocycles. The van der Waals surface area contributed by atoms with Gasteiger partial charge in [0.25, 0.3) is 0 Å². The van der Waals surface area contributed by atoms with E-state index in [1.54, 1.807) is 0 Å². The molecule has 7 nitrogen and oxygen atoms in total. The van der Waals surface area contributed by atoms with Crippen molar-refractivity contribution in [2.24, 2.45) is 0 Å². The summed E-state index contributed by atoms with van der Waals surface area (Å²) in [5.74, 6) is 0.728. The summed E-state index contributed by atoms with van der Waals surface area (Å²) in [6.07, 6.45) is 0. The van der Waals surface area contributed by atoms with Gasteiger partial charge in [-0.2, -0.15) is 12.6 Å². The average molecular weight is 342 g/mol. The second-order valence-electron chi connectivity index (χ2n) is 4.12. The Morgan fingerprint density at radius 3 is 1.00 bits per heavy atom. The number of rotatable bonds is 19. The van der Waals surface area contributed by atoms with Crippen molar-refractivity contribution in [1.29, 1.82) is 0 Å². The van der Waals surface area contributed by atoms with E-state index < -0.39 is 0 Å². The molecule has 0 unspecified atom stereocenters. The maximum atomic E-state index is 8.49. The van der Waals surface area contributed by atoms with Crippen LogP contribution in [-0.4, -0.2) is 96.7 Å². The maximum absolute atomic E-state index is 8.49. The number of aliphatic hydroxyl groups is 1. The molecule has 0 amide bonds. The summed E-state index contributed by atoms with van der Waals surface area (Å²) in [6.45, 7) is 6.45. The van der Waals surface area contributed by atoms with Crippen LogP contribution in [0.4, 0.5) is 0 Å². The topological polar surface area (TPSA) is 75.6 Å². The van der Waals surface area contributed by atoms with Gasteiger partial charge in [0.05, 0.1) is 85.9 Å². The van der Waals surface area contributed by atoms with Crippen molar-refractivity contribution >= 4 is 12.6 Å². The predicted molar refractivity (Wildman–Crippen MR) is 85.9 cm³/mol. The lowest BCUT2D eigenvalue weighted by Gasteiger charge is -2.08. The highest BCUT2D eigenvalue weighted by Gasteiger charge is 1.93. The molecule has 1 N–H and O–H groups in total. The van der Waals surface area contributed by atoms with Gasteiger partial charge in [-0.1, -0.05) is 0 Å². The van der Waals surface area contributed by atoms with Gasteiger partial charge >= 0.3 is 0 Å². The molecule has 0 saturated carbocycles. The summed E-state index contributed by atoms with van der Waals surface area (Å²) in [5, 5.41) is 8.49. The molecule has 8 heteroatoms. The highest BCUT2D eigenvalue weighted by molar-refractivity contribution is 7.80. The van der Waals surface area contributed by atoms with E-state index in [1.165, 1.54) is 0 Å². The van der Waals surface area contributed by atoms with E-state index in [1.807, 2.05) is 0 Å². The minimum atomic E-state index is 0.0397. The lowest BCUT2D eigenvalue weighted by Crippen LogP contribution is -2.14. The third kappa shape index (κ3) is 20.1. The molecule has 0 spiro atoms. The Balaban J connectivity index is 2.91. The Labute approximate surface area is 138 Å². The fourth-order valence-corrected chi connectivity index (χ4v) is 1.46. The normalized spacial score (nSPS) is 11.2. The summed E-state index contributed by atoms with van der Waals surface area (Å²) in [5.41, 5.74) is 0. The summed E-state index contributed by atoms with van der Waals surface area (Å²) in [7, 11) is 0. The van der Waals surface area contributed by atoms with Gasteiger partial charge in [-0.3, -0.25) is 0 Å². The molecule has 0 aromatic rings. The van der Waals surface area contributed by atoms with E-state index in [9.17, 15) is 0 Å². The lowest BCUT2D eigenvalue weighted by atomic mass is 10.7. The van der Waals surface area contributed by atoms with Gasteiger partial charge in [-0.15, -0.1) is 0 Å². The van der Waals surface area contributed by atoms with E-state index >= 15 is 0 Å². The molecule has 0 aliphatic rings. The monoisotopic (exact) mass is 342 g/mol. The molecule has 0 heterocycles. The van der Waals surface area contributed by atoms with Crippen LogP contribution in [0.5, 0.6) is 0 Å². The minimum absolute atomic E-state index is 0.0397. The van der Waals surface area contributed by atoms with Crippen LogP contribution in [0.2, 0.25) is 0 Å². The van der Waals surface area contributed by atoms with Gasteiger partial charge < -0.3 is 33.5 Å². The van der Waals surface area contributed by atoms with Gasteiger partial charge in [-0.25, -0.2) is 0 Å². The van der Waals surface area contributed by atoms with E-state index in [0.29, 0.717) is 79.3 Å². The third-order valence-electron chi connectivity index (χ3n) is 2.33. The van der Waals surface area contributed by atoms with Crippen LogP contribution in [0, 0.1) is 0 Å². The van der Waals surface area contributed by atoms with Crippen molar-refractivity contribution in [2.75, 3.05) is 91.6 Å². The first-order chi connectivity index (χ1) is 10.9. The van der Waals surface area contributed by atoms with Crippen molar-refractivity contribution in [3.8, 4) is 0 Å². The molecule has 0 aromatic heterocycles. The van der Waals surface area contributed by atoms with Gasteiger partial charge in [0.15, 0.2) is 0 Å². The van der Waals surface area contributed by atoms with Crippen molar-refractivity contribution < 1.29 is 33.5 Å². The maximum Gasteiger partial charge on any atom is 0.0701 e. The smallest absolute Gasteiger partial charge is 0.0701 e. The van der Waals surface area contributed by atoms with E-state index in [0.717, 1.165) is 5.75 Å². The standard InChI is InChI=1S/C14H30O7S/c15-1-2-16-3-4-17-5-6-18-7-8-19-9-10-20-11-12-21-13-14-22/h15,22H,1-14H2. The molecular formula is C14H30O7S. The molecule has 0 fully saturated rings. The first-order valence-corrected chi connectivity index (χ1v) is 8.23. The second kappa shape index (κ2) is 21.1. The highest BCUT2D eigenvalue weighted by atomic mass is 32.1. The van der Waals surface area contributed by atoms with Gasteiger partial charge in [0.1, 0.15) is 0 Å². The number of hydrogen-bond donors (Lipinski definition) is 2.